The fourth-order valence-corrected chi connectivity index (χ4v) is 3.34. The molecule has 2 aromatic carbocycles. The average molecular weight is 359 g/mol. The van der Waals surface area contributed by atoms with Gasteiger partial charge in [-0.1, -0.05) is 66.5 Å². The predicted octanol–water partition coefficient (Wildman–Crippen LogP) is 5.96. The number of hydrogen-bond acceptors (Lipinski definition) is 1. The summed E-state index contributed by atoms with van der Waals surface area (Å²) in [5.41, 5.74) is 4.50. The molecule has 1 heterocycles. The predicted molar refractivity (Wildman–Crippen MR) is 101 cm³/mol. The summed E-state index contributed by atoms with van der Waals surface area (Å²) in [5.74, 6) is 1.44. The van der Waals surface area contributed by atoms with Crippen molar-refractivity contribution in [3.05, 3.63) is 86.9 Å². The molecule has 0 fully saturated rings. The largest absolute Gasteiger partial charge is 0.346 e. The molecule has 2 nitrogen and oxygen atoms in total. The number of imidazole rings is 1. The van der Waals surface area contributed by atoms with Crippen molar-refractivity contribution in [2.75, 3.05) is 0 Å². The summed E-state index contributed by atoms with van der Waals surface area (Å²) in [7, 11) is 0. The van der Waals surface area contributed by atoms with E-state index in [9.17, 15) is 0 Å². The summed E-state index contributed by atoms with van der Waals surface area (Å²) in [6.45, 7) is 4.28. The first-order valence-electron chi connectivity index (χ1n) is 8.06. The molecule has 1 unspecified atom stereocenters. The van der Waals surface area contributed by atoms with Gasteiger partial charge in [-0.15, -0.1) is 0 Å². The molecule has 0 aliphatic heterocycles. The van der Waals surface area contributed by atoms with Gasteiger partial charge in [0.05, 0.1) is 5.69 Å². The minimum Gasteiger partial charge on any atom is -0.346 e. The van der Waals surface area contributed by atoms with E-state index in [4.69, 9.17) is 28.2 Å². The maximum Gasteiger partial charge on any atom is 0.107 e. The highest BCUT2D eigenvalue weighted by Gasteiger charge is 2.13. The standard InChI is InChI=1S/C20H20Cl2N2/c1-13(15-6-4-3-5-7-15)10-20-23-14(2)19(24-20)11-16-8-9-17(21)12-18(16)22/h3-9,12-13H,10-11H2,1-2H3,(H,23,24). The van der Waals surface area contributed by atoms with Crippen LogP contribution in [0.25, 0.3) is 0 Å². The van der Waals surface area contributed by atoms with E-state index in [1.54, 1.807) is 6.07 Å². The molecule has 0 saturated heterocycles. The smallest absolute Gasteiger partial charge is 0.107 e. The number of H-pyrrole nitrogens is 1. The number of aryl methyl sites for hydroxylation is 1. The van der Waals surface area contributed by atoms with Crippen molar-refractivity contribution in [2.24, 2.45) is 0 Å². The lowest BCUT2D eigenvalue weighted by atomic mass is 9.98. The van der Waals surface area contributed by atoms with Gasteiger partial charge in [0.1, 0.15) is 5.82 Å². The molecular weight excluding hydrogens is 339 g/mol. The lowest BCUT2D eigenvalue weighted by Gasteiger charge is -2.09. The third-order valence-electron chi connectivity index (χ3n) is 4.28. The van der Waals surface area contributed by atoms with Crippen molar-refractivity contribution in [3.63, 3.8) is 0 Å². The van der Waals surface area contributed by atoms with Crippen LogP contribution in [0.4, 0.5) is 0 Å². The Labute approximate surface area is 152 Å². The molecule has 124 valence electrons. The second-order valence-electron chi connectivity index (χ2n) is 6.18. The van der Waals surface area contributed by atoms with Crippen molar-refractivity contribution >= 4 is 23.2 Å². The number of halogens is 2. The van der Waals surface area contributed by atoms with E-state index in [1.807, 2.05) is 18.2 Å². The third-order valence-corrected chi connectivity index (χ3v) is 4.86. The molecule has 0 aliphatic rings. The minimum atomic E-state index is 0.420. The van der Waals surface area contributed by atoms with Gasteiger partial charge in [-0.2, -0.15) is 0 Å². The van der Waals surface area contributed by atoms with E-state index < -0.39 is 0 Å². The zero-order valence-corrected chi connectivity index (χ0v) is 15.3. The Morgan fingerprint density at radius 1 is 1.08 bits per heavy atom. The first-order valence-corrected chi connectivity index (χ1v) is 8.81. The molecule has 0 bridgehead atoms. The number of rotatable bonds is 5. The van der Waals surface area contributed by atoms with E-state index in [-0.39, 0.29) is 0 Å². The van der Waals surface area contributed by atoms with Crippen LogP contribution in [0, 0.1) is 6.92 Å². The zero-order chi connectivity index (χ0) is 17.1. The van der Waals surface area contributed by atoms with Crippen LogP contribution in [0.5, 0.6) is 0 Å². The van der Waals surface area contributed by atoms with Gasteiger partial charge in [0.25, 0.3) is 0 Å². The fraction of sp³-hybridized carbons (Fsp3) is 0.250. The quantitative estimate of drug-likeness (QED) is 0.598. The molecule has 1 aromatic heterocycles. The van der Waals surface area contributed by atoms with Crippen molar-refractivity contribution in [1.82, 2.24) is 9.97 Å². The number of hydrogen-bond donors (Lipinski definition) is 1. The molecule has 0 amide bonds. The number of aromatic nitrogens is 2. The van der Waals surface area contributed by atoms with E-state index in [0.29, 0.717) is 22.4 Å². The molecule has 0 radical (unpaired) electrons. The van der Waals surface area contributed by atoms with Gasteiger partial charge in [0.2, 0.25) is 0 Å². The average Bonchev–Trinajstić information content (AvgIpc) is 2.90. The van der Waals surface area contributed by atoms with E-state index in [2.05, 4.69) is 43.1 Å². The van der Waals surface area contributed by atoms with Crippen molar-refractivity contribution in [3.8, 4) is 0 Å². The highest BCUT2D eigenvalue weighted by molar-refractivity contribution is 6.35. The van der Waals surface area contributed by atoms with E-state index in [0.717, 1.165) is 29.2 Å². The van der Waals surface area contributed by atoms with Gasteiger partial charge in [-0.25, -0.2) is 4.98 Å². The Bertz CT molecular complexity index is 825. The van der Waals surface area contributed by atoms with Crippen molar-refractivity contribution in [2.45, 2.75) is 32.6 Å². The lowest BCUT2D eigenvalue weighted by molar-refractivity contribution is 0.724. The molecular formula is C20H20Cl2N2. The van der Waals surface area contributed by atoms with Crippen LogP contribution in [-0.2, 0) is 12.8 Å². The first-order chi connectivity index (χ1) is 11.5. The van der Waals surface area contributed by atoms with Crippen LogP contribution < -0.4 is 0 Å². The Morgan fingerprint density at radius 2 is 1.83 bits per heavy atom. The molecule has 0 aliphatic carbocycles. The molecule has 4 heteroatoms. The summed E-state index contributed by atoms with van der Waals surface area (Å²) in [5, 5.41) is 1.34. The van der Waals surface area contributed by atoms with Crippen LogP contribution in [0.1, 0.15) is 41.2 Å². The molecule has 1 N–H and O–H groups in total. The topological polar surface area (TPSA) is 28.7 Å². The summed E-state index contributed by atoms with van der Waals surface area (Å²) in [6.07, 6.45) is 1.59. The van der Waals surface area contributed by atoms with Crippen molar-refractivity contribution in [1.29, 1.82) is 0 Å². The fourth-order valence-electron chi connectivity index (χ4n) is 2.87. The molecule has 0 saturated carbocycles. The Hall–Kier alpha value is -1.77. The van der Waals surface area contributed by atoms with Crippen LogP contribution in [0.2, 0.25) is 10.0 Å². The maximum absolute atomic E-state index is 6.28. The monoisotopic (exact) mass is 358 g/mol. The molecule has 3 aromatic rings. The highest BCUT2D eigenvalue weighted by Crippen LogP contribution is 2.25. The van der Waals surface area contributed by atoms with Gasteiger partial charge < -0.3 is 4.98 Å². The Kier molecular flexibility index (Phi) is 5.27. The molecule has 3 rings (SSSR count). The summed E-state index contributed by atoms with van der Waals surface area (Å²) >= 11 is 12.2. The zero-order valence-electron chi connectivity index (χ0n) is 13.8. The number of aromatic amines is 1. The van der Waals surface area contributed by atoms with Crippen LogP contribution in [0.15, 0.2) is 48.5 Å². The summed E-state index contributed by atoms with van der Waals surface area (Å²) < 4.78 is 0. The van der Waals surface area contributed by atoms with Crippen molar-refractivity contribution < 1.29 is 0 Å². The van der Waals surface area contributed by atoms with Crippen LogP contribution >= 0.6 is 23.2 Å². The van der Waals surface area contributed by atoms with E-state index in [1.165, 1.54) is 5.56 Å². The van der Waals surface area contributed by atoms with Crippen LogP contribution in [-0.4, -0.2) is 9.97 Å². The van der Waals surface area contributed by atoms with Gasteiger partial charge in [0, 0.05) is 28.6 Å². The normalized spacial score (nSPS) is 12.3. The second kappa shape index (κ2) is 7.42. The third kappa shape index (κ3) is 4.00. The maximum atomic E-state index is 6.28. The summed E-state index contributed by atoms with van der Waals surface area (Å²) in [6, 6.07) is 16.1. The number of nitrogens with zero attached hydrogens (tertiary/aromatic N) is 1. The molecule has 1 atom stereocenters. The first kappa shape index (κ1) is 17.1. The van der Waals surface area contributed by atoms with Gasteiger partial charge in [0.15, 0.2) is 0 Å². The van der Waals surface area contributed by atoms with E-state index >= 15 is 0 Å². The molecule has 0 spiro atoms. The highest BCUT2D eigenvalue weighted by atomic mass is 35.5. The van der Waals surface area contributed by atoms with Gasteiger partial charge >= 0.3 is 0 Å². The van der Waals surface area contributed by atoms with Crippen LogP contribution in [0.3, 0.4) is 0 Å². The van der Waals surface area contributed by atoms with Gasteiger partial charge in [-0.05, 0) is 36.1 Å². The van der Waals surface area contributed by atoms with Gasteiger partial charge in [-0.3, -0.25) is 0 Å². The lowest BCUT2D eigenvalue weighted by Crippen LogP contribution is -2.00. The number of benzene rings is 2. The Balaban J connectivity index is 1.75. The number of nitrogens with one attached hydrogen (secondary N) is 1. The molecule has 24 heavy (non-hydrogen) atoms. The second-order valence-corrected chi connectivity index (χ2v) is 7.03. The minimum absolute atomic E-state index is 0.420. The summed E-state index contributed by atoms with van der Waals surface area (Å²) in [4.78, 5) is 8.20. The SMILES string of the molecule is Cc1[nH]c(CC(C)c2ccccc2)nc1Cc1ccc(Cl)cc1Cl. The Morgan fingerprint density at radius 3 is 2.54 bits per heavy atom.